The smallest absolute Gasteiger partial charge is 0.261 e. The van der Waals surface area contributed by atoms with Crippen molar-refractivity contribution in [1.82, 2.24) is 4.98 Å². The molecule has 0 aliphatic carbocycles. The second-order valence-corrected chi connectivity index (χ2v) is 5.32. The number of hydrogen-bond acceptors (Lipinski definition) is 3. The molecule has 2 rings (SSSR count). The van der Waals surface area contributed by atoms with Crippen LogP contribution < -0.4 is 10.6 Å². The number of nitrogens with two attached hydrogens (primary N) is 1. The summed E-state index contributed by atoms with van der Waals surface area (Å²) >= 11 is 11.4. The maximum atomic E-state index is 13.6. The van der Waals surface area contributed by atoms with E-state index in [0.29, 0.717) is 5.69 Å². The topological polar surface area (TPSA) is 76.3 Å². The molecule has 5 nitrogen and oxygen atoms in total. The number of para-hydroxylation sites is 1. The van der Waals surface area contributed by atoms with Crippen molar-refractivity contribution in [2.24, 2.45) is 5.73 Å². The van der Waals surface area contributed by atoms with Crippen molar-refractivity contribution in [3.05, 3.63) is 58.1 Å². The third-order valence-corrected chi connectivity index (χ3v) is 3.57. The maximum Gasteiger partial charge on any atom is 0.261 e. The lowest BCUT2D eigenvalue weighted by Gasteiger charge is -2.22. The minimum Gasteiger partial charge on any atom is -0.370 e. The van der Waals surface area contributed by atoms with Crippen molar-refractivity contribution < 1.29 is 14.0 Å². The Hall–Kier alpha value is -2.18. The average Bonchev–Trinajstić information content (AvgIpc) is 2.51. The van der Waals surface area contributed by atoms with Crippen molar-refractivity contribution in [3.8, 4) is 0 Å². The van der Waals surface area contributed by atoms with E-state index in [4.69, 9.17) is 28.9 Å². The number of aromatic nitrogens is 1. The number of pyridine rings is 1. The van der Waals surface area contributed by atoms with E-state index in [2.05, 4.69) is 4.98 Å². The lowest BCUT2D eigenvalue weighted by atomic mass is 10.2. The second-order valence-electron chi connectivity index (χ2n) is 4.61. The number of rotatable bonds is 5. The van der Waals surface area contributed by atoms with Crippen LogP contribution in [0.2, 0.25) is 10.3 Å². The number of nitrogens with zero attached hydrogens (tertiary/aromatic N) is 2. The zero-order valence-corrected chi connectivity index (χ0v) is 13.3. The monoisotopic (exact) mass is 355 g/mol. The molecular weight excluding hydrogens is 344 g/mol. The highest BCUT2D eigenvalue weighted by atomic mass is 35.5. The molecule has 0 spiro atoms. The highest BCUT2D eigenvalue weighted by Gasteiger charge is 2.23. The summed E-state index contributed by atoms with van der Waals surface area (Å²) in [5, 5.41) is -0.642. The molecular formula is C15H12Cl2FN3O2. The van der Waals surface area contributed by atoms with E-state index in [1.165, 1.54) is 4.90 Å². The molecule has 1 aromatic carbocycles. The molecule has 8 heteroatoms. The maximum absolute atomic E-state index is 13.6. The van der Waals surface area contributed by atoms with Gasteiger partial charge >= 0.3 is 0 Å². The van der Waals surface area contributed by atoms with Crippen LogP contribution in [0.1, 0.15) is 16.8 Å². The fourth-order valence-electron chi connectivity index (χ4n) is 1.92. The van der Waals surface area contributed by atoms with Crippen LogP contribution >= 0.6 is 23.2 Å². The molecule has 2 aromatic rings. The summed E-state index contributed by atoms with van der Waals surface area (Å²) in [7, 11) is 0. The van der Waals surface area contributed by atoms with Gasteiger partial charge in [-0.3, -0.25) is 9.59 Å². The number of benzene rings is 1. The van der Waals surface area contributed by atoms with Gasteiger partial charge in [-0.1, -0.05) is 41.4 Å². The van der Waals surface area contributed by atoms with Crippen molar-refractivity contribution in [2.75, 3.05) is 11.4 Å². The van der Waals surface area contributed by atoms with Gasteiger partial charge in [-0.25, -0.2) is 9.37 Å². The van der Waals surface area contributed by atoms with Crippen molar-refractivity contribution in [3.63, 3.8) is 0 Å². The Balaban J connectivity index is 2.40. The van der Waals surface area contributed by atoms with Crippen LogP contribution in [-0.2, 0) is 4.79 Å². The molecule has 0 saturated heterocycles. The zero-order valence-electron chi connectivity index (χ0n) is 11.8. The van der Waals surface area contributed by atoms with E-state index in [0.717, 1.165) is 6.07 Å². The van der Waals surface area contributed by atoms with Gasteiger partial charge in [-0.2, -0.15) is 0 Å². The summed E-state index contributed by atoms with van der Waals surface area (Å²) in [6.07, 6.45) is -0.0538. The molecule has 0 fully saturated rings. The summed E-state index contributed by atoms with van der Waals surface area (Å²) < 4.78 is 13.6. The van der Waals surface area contributed by atoms with Crippen LogP contribution in [0.15, 0.2) is 36.4 Å². The number of anilines is 1. The second kappa shape index (κ2) is 7.39. The Morgan fingerprint density at radius 2 is 1.83 bits per heavy atom. The summed E-state index contributed by atoms with van der Waals surface area (Å²) in [5.74, 6) is -2.03. The lowest BCUT2D eigenvalue weighted by Crippen LogP contribution is -2.34. The first-order valence-electron chi connectivity index (χ1n) is 6.57. The fraction of sp³-hybridized carbons (Fsp3) is 0.133. The molecule has 0 aliphatic rings. The Labute approximate surface area is 141 Å². The standard InChI is InChI=1S/C15H12Cl2FN3O2/c16-13-10(8-11(18)14(17)20-13)15(23)21(7-6-12(19)22)9-4-2-1-3-5-9/h1-5,8H,6-7H2,(H2,19,22). The Kier molecular flexibility index (Phi) is 5.52. The number of amides is 2. The van der Waals surface area contributed by atoms with Gasteiger partial charge in [-0.05, 0) is 18.2 Å². The van der Waals surface area contributed by atoms with E-state index in [-0.39, 0.29) is 23.7 Å². The van der Waals surface area contributed by atoms with Crippen LogP contribution in [0.4, 0.5) is 10.1 Å². The van der Waals surface area contributed by atoms with Gasteiger partial charge in [0.25, 0.3) is 5.91 Å². The van der Waals surface area contributed by atoms with Gasteiger partial charge in [0.1, 0.15) is 5.15 Å². The van der Waals surface area contributed by atoms with E-state index < -0.39 is 22.8 Å². The first kappa shape index (κ1) is 17.2. The molecule has 0 unspecified atom stereocenters. The van der Waals surface area contributed by atoms with Gasteiger partial charge in [-0.15, -0.1) is 0 Å². The van der Waals surface area contributed by atoms with Gasteiger partial charge in [0.05, 0.1) is 5.56 Å². The molecule has 0 atom stereocenters. The number of carbonyl (C=O) groups is 2. The molecule has 2 N–H and O–H groups in total. The van der Waals surface area contributed by atoms with Crippen molar-refractivity contribution >= 4 is 40.7 Å². The van der Waals surface area contributed by atoms with Gasteiger partial charge < -0.3 is 10.6 Å². The van der Waals surface area contributed by atoms with Gasteiger partial charge in [0, 0.05) is 18.7 Å². The van der Waals surface area contributed by atoms with Crippen molar-refractivity contribution in [2.45, 2.75) is 6.42 Å². The predicted molar refractivity (Wildman–Crippen MR) is 86.1 cm³/mol. The molecule has 120 valence electrons. The average molecular weight is 356 g/mol. The quantitative estimate of drug-likeness (QED) is 0.837. The Bertz CT molecular complexity index is 741. The van der Waals surface area contributed by atoms with Crippen LogP contribution in [-0.4, -0.2) is 23.3 Å². The SMILES string of the molecule is NC(=O)CCN(C(=O)c1cc(F)c(Cl)nc1Cl)c1ccccc1. The minimum atomic E-state index is -0.859. The third-order valence-electron chi connectivity index (χ3n) is 3.01. The molecule has 2 amide bonds. The van der Waals surface area contributed by atoms with Crippen molar-refractivity contribution in [1.29, 1.82) is 0 Å². The molecule has 0 bridgehead atoms. The van der Waals surface area contributed by atoms with Crippen LogP contribution in [0.3, 0.4) is 0 Å². The van der Waals surface area contributed by atoms with E-state index in [9.17, 15) is 14.0 Å². The number of primary amides is 1. The summed E-state index contributed by atoms with van der Waals surface area (Å²) in [6, 6.07) is 9.49. The zero-order chi connectivity index (χ0) is 17.0. The molecule has 0 radical (unpaired) electrons. The number of hydrogen-bond donors (Lipinski definition) is 1. The molecule has 23 heavy (non-hydrogen) atoms. The van der Waals surface area contributed by atoms with E-state index in [1.807, 2.05) is 0 Å². The van der Waals surface area contributed by atoms with Crippen LogP contribution in [0.25, 0.3) is 0 Å². The van der Waals surface area contributed by atoms with E-state index in [1.54, 1.807) is 30.3 Å². The molecule has 1 aromatic heterocycles. The van der Waals surface area contributed by atoms with Crippen LogP contribution in [0, 0.1) is 5.82 Å². The third kappa shape index (κ3) is 4.18. The summed E-state index contributed by atoms with van der Waals surface area (Å²) in [5.41, 5.74) is 5.51. The summed E-state index contributed by atoms with van der Waals surface area (Å²) in [6.45, 7) is 0.0265. The van der Waals surface area contributed by atoms with E-state index >= 15 is 0 Å². The fourth-order valence-corrected chi connectivity index (χ4v) is 2.32. The Morgan fingerprint density at radius 1 is 1.17 bits per heavy atom. The van der Waals surface area contributed by atoms with Crippen LogP contribution in [0.5, 0.6) is 0 Å². The largest absolute Gasteiger partial charge is 0.370 e. The Morgan fingerprint density at radius 3 is 2.43 bits per heavy atom. The predicted octanol–water partition coefficient (Wildman–Crippen LogP) is 3.05. The number of carbonyl (C=O) groups excluding carboxylic acids is 2. The first-order chi connectivity index (χ1) is 10.9. The highest BCUT2D eigenvalue weighted by molar-refractivity contribution is 6.35. The normalized spacial score (nSPS) is 10.4. The molecule has 1 heterocycles. The summed E-state index contributed by atoms with van der Waals surface area (Å²) in [4.78, 5) is 28.6. The number of halogens is 3. The molecule has 0 aliphatic heterocycles. The van der Waals surface area contributed by atoms with Gasteiger partial charge in [0.15, 0.2) is 11.0 Å². The highest BCUT2D eigenvalue weighted by Crippen LogP contribution is 2.24. The lowest BCUT2D eigenvalue weighted by molar-refractivity contribution is -0.117. The minimum absolute atomic E-state index is 0.0265. The first-order valence-corrected chi connectivity index (χ1v) is 7.32. The van der Waals surface area contributed by atoms with Gasteiger partial charge in [0.2, 0.25) is 5.91 Å². The molecule has 0 saturated carbocycles.